The number of carbonyl (C=O) groups is 2. The van der Waals surface area contributed by atoms with Gasteiger partial charge in [-0.1, -0.05) is 47.1 Å². The van der Waals surface area contributed by atoms with E-state index >= 15 is 0 Å². The molecule has 0 aliphatic heterocycles. The van der Waals surface area contributed by atoms with Crippen LogP contribution in [0.15, 0.2) is 11.6 Å². The molecule has 0 bridgehead atoms. The lowest BCUT2D eigenvalue weighted by Gasteiger charge is -2.61. The van der Waals surface area contributed by atoms with Crippen LogP contribution in [0.5, 0.6) is 0 Å². The van der Waals surface area contributed by atoms with Crippen LogP contribution in [0, 0.1) is 40.4 Å². The Balaban J connectivity index is 1.84. The van der Waals surface area contributed by atoms with Crippen LogP contribution in [-0.2, 0) is 23.5 Å². The van der Waals surface area contributed by atoms with Crippen LogP contribution >= 0.6 is 11.6 Å². The number of alkyl halides is 7. The summed E-state index contributed by atoms with van der Waals surface area (Å²) in [6.45, 7) is 16.0. The fraction of sp³-hybridized carbons (Fsp3) is 0.875. The minimum absolute atomic E-state index is 0.0201. The van der Waals surface area contributed by atoms with Gasteiger partial charge in [-0.3, -0.25) is 0 Å². The van der Waals surface area contributed by atoms with Crippen molar-refractivity contribution in [2.75, 3.05) is 5.88 Å². The predicted molar refractivity (Wildman–Crippen MR) is 160 cm³/mol. The number of ether oxygens (including phenoxy) is 2. The summed E-state index contributed by atoms with van der Waals surface area (Å²) >= 11 is 6.26. The fourth-order valence-corrected chi connectivity index (χ4v) is 10.6. The Morgan fingerprint density at radius 2 is 1.56 bits per heavy atom. The third-order valence-corrected chi connectivity index (χ3v) is 17.4. The van der Waals surface area contributed by atoms with E-state index in [1.807, 2.05) is 33.9 Å². The molecule has 45 heavy (non-hydrogen) atoms. The molecule has 3 fully saturated rings. The molecule has 5 nitrogen and oxygen atoms in total. The largest absolute Gasteiger partial charge is 0.490 e. The average Bonchev–Trinajstić information content (AvgIpc) is 3.24. The topological polar surface area (TPSA) is 61.8 Å². The average molecular weight is 689 g/mol. The van der Waals surface area contributed by atoms with Crippen molar-refractivity contribution in [2.24, 2.45) is 40.4 Å². The Labute approximate surface area is 268 Å². The lowest BCUT2D eigenvalue weighted by atomic mass is 9.45. The molecule has 258 valence electrons. The molecule has 0 aromatic heterocycles. The standard InChI is InChI=1S/C32H47ClF6O5Si/c1-17(16-33)20-9-10-21-25-22(11-12-29(20,21)5)30(6)18(14-23(25)42-26(40)31(34,35)36)13-19(44-45(7,8)28(2,3)4)15-24(30)43-27(41)32(37,38)39/h14,17,19-25H,9-13,15-16H2,1-8H3/t17-,19-,20-,21+,22+,23?,24+,25+,29-,30+/m1/s1. The summed E-state index contributed by atoms with van der Waals surface area (Å²) in [5.74, 6) is -5.14. The van der Waals surface area contributed by atoms with E-state index in [-0.39, 0.29) is 41.0 Å². The molecule has 0 saturated heterocycles. The van der Waals surface area contributed by atoms with Crippen molar-refractivity contribution in [3.8, 4) is 0 Å². The van der Waals surface area contributed by atoms with Crippen molar-refractivity contribution in [1.29, 1.82) is 0 Å². The van der Waals surface area contributed by atoms with Gasteiger partial charge >= 0.3 is 24.3 Å². The molecule has 0 spiro atoms. The van der Waals surface area contributed by atoms with E-state index in [9.17, 15) is 35.9 Å². The van der Waals surface area contributed by atoms with E-state index < -0.39 is 68.2 Å². The van der Waals surface area contributed by atoms with Crippen molar-refractivity contribution < 1.29 is 49.8 Å². The molecular weight excluding hydrogens is 642 g/mol. The van der Waals surface area contributed by atoms with Gasteiger partial charge in [-0.2, -0.15) is 26.3 Å². The highest BCUT2D eigenvalue weighted by Crippen LogP contribution is 2.68. The van der Waals surface area contributed by atoms with Crippen LogP contribution in [0.4, 0.5) is 26.3 Å². The highest BCUT2D eigenvalue weighted by molar-refractivity contribution is 6.74. The van der Waals surface area contributed by atoms with Crippen LogP contribution < -0.4 is 0 Å². The highest BCUT2D eigenvalue weighted by atomic mass is 35.5. The number of hydrogen-bond donors (Lipinski definition) is 0. The van der Waals surface area contributed by atoms with Gasteiger partial charge in [0.25, 0.3) is 0 Å². The Bertz CT molecular complexity index is 1180. The number of esters is 2. The fourth-order valence-electron chi connectivity index (χ4n) is 9.06. The zero-order chi connectivity index (χ0) is 34.1. The molecular formula is C32H47ClF6O5Si. The second-order valence-corrected chi connectivity index (χ2v) is 20.9. The van der Waals surface area contributed by atoms with Gasteiger partial charge in [0, 0.05) is 23.6 Å². The molecule has 13 heteroatoms. The van der Waals surface area contributed by atoms with Crippen LogP contribution in [-0.4, -0.2) is 56.8 Å². The zero-order valence-corrected chi connectivity index (χ0v) is 29.1. The maximum atomic E-state index is 13.6. The molecule has 0 radical (unpaired) electrons. The molecule has 0 N–H and O–H groups in total. The van der Waals surface area contributed by atoms with Gasteiger partial charge in [-0.15, -0.1) is 11.6 Å². The van der Waals surface area contributed by atoms with Gasteiger partial charge < -0.3 is 13.9 Å². The van der Waals surface area contributed by atoms with E-state index in [1.165, 1.54) is 6.08 Å². The molecule has 4 rings (SSSR count). The first kappa shape index (κ1) is 36.6. The summed E-state index contributed by atoms with van der Waals surface area (Å²) in [4.78, 5) is 24.7. The number of rotatable bonds is 6. The monoisotopic (exact) mass is 688 g/mol. The first-order valence-corrected chi connectivity index (χ1v) is 19.3. The smallest absolute Gasteiger partial charge is 0.455 e. The molecule has 10 atom stereocenters. The van der Waals surface area contributed by atoms with Crippen molar-refractivity contribution in [1.82, 2.24) is 0 Å². The summed E-state index contributed by atoms with van der Waals surface area (Å²) in [7, 11) is -2.47. The Hall–Kier alpha value is -1.27. The molecule has 0 aromatic rings. The van der Waals surface area contributed by atoms with Gasteiger partial charge in [-0.05, 0) is 85.4 Å². The van der Waals surface area contributed by atoms with Crippen molar-refractivity contribution >= 4 is 31.9 Å². The van der Waals surface area contributed by atoms with Crippen molar-refractivity contribution in [3.05, 3.63) is 11.6 Å². The maximum absolute atomic E-state index is 13.6. The predicted octanol–water partition coefficient (Wildman–Crippen LogP) is 9.00. The van der Waals surface area contributed by atoms with E-state index in [0.29, 0.717) is 30.7 Å². The number of halogens is 7. The highest BCUT2D eigenvalue weighted by Gasteiger charge is 2.65. The summed E-state index contributed by atoms with van der Waals surface area (Å²) < 4.78 is 98.8. The van der Waals surface area contributed by atoms with Gasteiger partial charge in [0.05, 0.1) is 6.10 Å². The van der Waals surface area contributed by atoms with Gasteiger partial charge in [0.1, 0.15) is 12.2 Å². The molecule has 4 aliphatic rings. The van der Waals surface area contributed by atoms with Crippen LogP contribution in [0.2, 0.25) is 18.1 Å². The number of fused-ring (bicyclic) bond motifs is 5. The first-order chi connectivity index (χ1) is 20.4. The van der Waals surface area contributed by atoms with Gasteiger partial charge in [0.15, 0.2) is 8.32 Å². The summed E-state index contributed by atoms with van der Waals surface area (Å²) in [6, 6.07) is 0. The summed E-state index contributed by atoms with van der Waals surface area (Å²) in [5.41, 5.74) is -0.927. The second kappa shape index (κ2) is 12.0. The maximum Gasteiger partial charge on any atom is 0.490 e. The SMILES string of the molecule is C[C@H](CCl)[C@H]1CC[C@H]2[C@@H]3C(OC(=O)C(F)(F)F)C=C4C[C@@H](O[Si](C)(C)C(C)(C)C)C[C@H](OC(=O)C(F)(F)F)[C@]4(C)[C@H]3CC[C@]12C. The minimum atomic E-state index is -5.23. The Morgan fingerprint density at radius 1 is 0.978 bits per heavy atom. The first-order valence-electron chi connectivity index (χ1n) is 15.9. The summed E-state index contributed by atoms with van der Waals surface area (Å²) in [6.07, 6.45) is -9.21. The van der Waals surface area contributed by atoms with Gasteiger partial charge in [0.2, 0.25) is 0 Å². The Morgan fingerprint density at radius 3 is 2.09 bits per heavy atom. The third-order valence-electron chi connectivity index (χ3n) is 12.4. The molecule has 0 amide bonds. The van der Waals surface area contributed by atoms with E-state index in [1.54, 1.807) is 6.92 Å². The van der Waals surface area contributed by atoms with E-state index in [4.69, 9.17) is 25.5 Å². The molecule has 3 saturated carbocycles. The molecule has 4 aliphatic carbocycles. The zero-order valence-electron chi connectivity index (χ0n) is 27.3. The molecule has 0 aromatic carbocycles. The van der Waals surface area contributed by atoms with Crippen LogP contribution in [0.3, 0.4) is 0 Å². The lowest BCUT2D eigenvalue weighted by molar-refractivity contribution is -0.223. The van der Waals surface area contributed by atoms with Crippen molar-refractivity contribution in [3.63, 3.8) is 0 Å². The van der Waals surface area contributed by atoms with Gasteiger partial charge in [-0.25, -0.2) is 9.59 Å². The normalized spacial score (nSPS) is 37.9. The van der Waals surface area contributed by atoms with Crippen molar-refractivity contribution in [2.45, 2.75) is 129 Å². The third kappa shape index (κ3) is 6.59. The number of hydrogen-bond acceptors (Lipinski definition) is 5. The van der Waals surface area contributed by atoms with E-state index in [0.717, 1.165) is 6.42 Å². The second-order valence-electron chi connectivity index (χ2n) is 15.8. The quantitative estimate of drug-likeness (QED) is 0.0917. The van der Waals surface area contributed by atoms with Crippen LogP contribution in [0.25, 0.3) is 0 Å². The van der Waals surface area contributed by atoms with E-state index in [2.05, 4.69) is 13.8 Å². The molecule has 0 heterocycles. The minimum Gasteiger partial charge on any atom is -0.455 e. The summed E-state index contributed by atoms with van der Waals surface area (Å²) in [5, 5.41) is -0.240. The van der Waals surface area contributed by atoms with Crippen LogP contribution in [0.1, 0.15) is 80.1 Å². The molecule has 1 unspecified atom stereocenters. The number of carbonyl (C=O) groups excluding carboxylic acids is 2. The lowest BCUT2D eigenvalue weighted by Crippen LogP contribution is -2.61. The Kier molecular flexibility index (Phi) is 9.75.